The molecule has 6 nitrogen and oxygen atoms in total. The highest BCUT2D eigenvalue weighted by Gasteiger charge is 2.14. The van der Waals surface area contributed by atoms with E-state index in [4.69, 9.17) is 4.98 Å². The van der Waals surface area contributed by atoms with Gasteiger partial charge in [0.1, 0.15) is 5.82 Å². The minimum absolute atomic E-state index is 0.941. The van der Waals surface area contributed by atoms with E-state index in [2.05, 4.69) is 88.0 Å². The van der Waals surface area contributed by atoms with Crippen LogP contribution in [0.15, 0.2) is 73.1 Å². The molecule has 6 rings (SSSR count). The molecule has 0 unspecified atom stereocenters. The fourth-order valence-electron chi connectivity index (χ4n) is 4.47. The van der Waals surface area contributed by atoms with E-state index < -0.39 is 0 Å². The van der Waals surface area contributed by atoms with Crippen LogP contribution in [0.5, 0.6) is 0 Å². The average Bonchev–Trinajstić information content (AvgIpc) is 3.50. The van der Waals surface area contributed by atoms with Gasteiger partial charge in [0.15, 0.2) is 0 Å². The molecule has 146 valence electrons. The van der Waals surface area contributed by atoms with Crippen LogP contribution in [-0.2, 0) is 13.6 Å². The van der Waals surface area contributed by atoms with Gasteiger partial charge in [0.25, 0.3) is 0 Å². The summed E-state index contributed by atoms with van der Waals surface area (Å²) < 4.78 is 6.27. The standard InChI is InChI=1S/C24H20N6/c1-3-29-21-7-5-4-6-18(21)19-14-16(8-10-22(19)29)24-26-20-15-17(30-13-12-25-27-30)9-11-23(20)28(24)2/h4-15H,3H2,1-2H3. The summed E-state index contributed by atoms with van der Waals surface area (Å²) in [5, 5.41) is 10.5. The summed E-state index contributed by atoms with van der Waals surface area (Å²) in [4.78, 5) is 4.96. The van der Waals surface area contributed by atoms with Gasteiger partial charge < -0.3 is 9.13 Å². The van der Waals surface area contributed by atoms with Crippen LogP contribution in [0.3, 0.4) is 0 Å². The first kappa shape index (κ1) is 17.0. The van der Waals surface area contributed by atoms with Gasteiger partial charge in [-0.25, -0.2) is 9.67 Å². The molecule has 3 aromatic heterocycles. The molecule has 0 amide bonds. The van der Waals surface area contributed by atoms with Crippen molar-refractivity contribution in [3.05, 3.63) is 73.1 Å². The molecular weight excluding hydrogens is 372 g/mol. The molecule has 6 aromatic rings. The number of benzene rings is 3. The molecule has 3 heterocycles. The second kappa shape index (κ2) is 6.29. The highest BCUT2D eigenvalue weighted by molar-refractivity contribution is 6.09. The Bertz CT molecular complexity index is 1540. The molecule has 0 spiro atoms. The monoisotopic (exact) mass is 392 g/mol. The maximum absolute atomic E-state index is 4.96. The number of hydrogen-bond acceptors (Lipinski definition) is 3. The zero-order chi connectivity index (χ0) is 20.2. The van der Waals surface area contributed by atoms with Crippen LogP contribution in [0.25, 0.3) is 49.9 Å². The third-order valence-electron chi connectivity index (χ3n) is 5.90. The van der Waals surface area contributed by atoms with E-state index in [1.807, 2.05) is 12.3 Å². The van der Waals surface area contributed by atoms with Gasteiger partial charge in [-0.15, -0.1) is 5.10 Å². The topological polar surface area (TPSA) is 53.5 Å². The zero-order valence-electron chi connectivity index (χ0n) is 16.8. The van der Waals surface area contributed by atoms with Gasteiger partial charge in [0.2, 0.25) is 0 Å². The molecule has 3 aromatic carbocycles. The van der Waals surface area contributed by atoms with Crippen molar-refractivity contribution in [1.82, 2.24) is 29.1 Å². The molecule has 0 saturated carbocycles. The van der Waals surface area contributed by atoms with Gasteiger partial charge in [-0.05, 0) is 49.4 Å². The van der Waals surface area contributed by atoms with Crippen LogP contribution in [0.4, 0.5) is 0 Å². The first-order chi connectivity index (χ1) is 14.7. The highest BCUT2D eigenvalue weighted by Crippen LogP contribution is 2.33. The largest absolute Gasteiger partial charge is 0.341 e. The lowest BCUT2D eigenvalue weighted by molar-refractivity contribution is 0.804. The summed E-state index contributed by atoms with van der Waals surface area (Å²) in [5.41, 5.74) is 6.62. The van der Waals surface area contributed by atoms with Crippen molar-refractivity contribution in [2.45, 2.75) is 13.5 Å². The zero-order valence-corrected chi connectivity index (χ0v) is 16.8. The van der Waals surface area contributed by atoms with E-state index in [0.717, 1.165) is 34.7 Å². The van der Waals surface area contributed by atoms with E-state index in [1.54, 1.807) is 10.9 Å². The van der Waals surface area contributed by atoms with Gasteiger partial charge >= 0.3 is 0 Å². The Hall–Kier alpha value is -3.93. The van der Waals surface area contributed by atoms with Crippen LogP contribution in [0.1, 0.15) is 6.92 Å². The Labute approximate surface area is 173 Å². The maximum atomic E-state index is 4.96. The van der Waals surface area contributed by atoms with Gasteiger partial charge in [-0.1, -0.05) is 23.4 Å². The van der Waals surface area contributed by atoms with Gasteiger partial charge in [0.05, 0.1) is 29.1 Å². The van der Waals surface area contributed by atoms with E-state index in [1.165, 1.54) is 21.8 Å². The van der Waals surface area contributed by atoms with E-state index in [9.17, 15) is 0 Å². The Morgan fingerprint density at radius 2 is 1.70 bits per heavy atom. The number of fused-ring (bicyclic) bond motifs is 4. The molecule has 0 fully saturated rings. The molecule has 0 saturated heterocycles. The van der Waals surface area contributed by atoms with Crippen molar-refractivity contribution >= 4 is 32.8 Å². The van der Waals surface area contributed by atoms with Crippen LogP contribution >= 0.6 is 0 Å². The number of aromatic nitrogens is 6. The van der Waals surface area contributed by atoms with Gasteiger partial charge in [0, 0.05) is 41.0 Å². The molecule has 30 heavy (non-hydrogen) atoms. The molecule has 0 radical (unpaired) electrons. The number of aryl methyl sites for hydroxylation is 2. The number of imidazole rings is 1. The molecular formula is C24H20N6. The van der Waals surface area contributed by atoms with Crippen molar-refractivity contribution in [1.29, 1.82) is 0 Å². The molecule has 0 aliphatic heterocycles. The smallest absolute Gasteiger partial charge is 0.140 e. The number of para-hydroxylation sites is 1. The van der Waals surface area contributed by atoms with Crippen LogP contribution in [0.2, 0.25) is 0 Å². The van der Waals surface area contributed by atoms with E-state index >= 15 is 0 Å². The lowest BCUT2D eigenvalue weighted by Gasteiger charge is -2.05. The second-order valence-corrected chi connectivity index (χ2v) is 7.51. The molecule has 0 atom stereocenters. The average molecular weight is 392 g/mol. The van der Waals surface area contributed by atoms with Crippen LogP contribution in [0, 0.1) is 0 Å². The Kier molecular flexibility index (Phi) is 3.56. The molecule has 0 aliphatic carbocycles. The summed E-state index contributed by atoms with van der Waals surface area (Å²) >= 11 is 0. The predicted octanol–water partition coefficient (Wildman–Crippen LogP) is 4.95. The third-order valence-corrected chi connectivity index (χ3v) is 5.90. The van der Waals surface area contributed by atoms with Gasteiger partial charge in [-0.3, -0.25) is 0 Å². The normalized spacial score (nSPS) is 11.8. The van der Waals surface area contributed by atoms with Gasteiger partial charge in [-0.2, -0.15) is 0 Å². The first-order valence-corrected chi connectivity index (χ1v) is 10.1. The van der Waals surface area contributed by atoms with Crippen LogP contribution in [-0.4, -0.2) is 29.1 Å². The molecule has 0 aliphatic rings. The first-order valence-electron chi connectivity index (χ1n) is 10.1. The Morgan fingerprint density at radius 3 is 2.53 bits per heavy atom. The minimum Gasteiger partial charge on any atom is -0.341 e. The van der Waals surface area contributed by atoms with Crippen molar-refractivity contribution in [2.24, 2.45) is 7.05 Å². The quantitative estimate of drug-likeness (QED) is 0.428. The molecule has 0 bridgehead atoms. The fraction of sp³-hybridized carbons (Fsp3) is 0.125. The van der Waals surface area contributed by atoms with Crippen molar-refractivity contribution in [3.8, 4) is 17.1 Å². The van der Waals surface area contributed by atoms with E-state index in [-0.39, 0.29) is 0 Å². The number of nitrogens with zero attached hydrogens (tertiary/aromatic N) is 6. The van der Waals surface area contributed by atoms with E-state index in [0.29, 0.717) is 0 Å². The lowest BCUT2D eigenvalue weighted by Crippen LogP contribution is -1.95. The Balaban J connectivity index is 1.56. The second-order valence-electron chi connectivity index (χ2n) is 7.51. The molecule has 6 heteroatoms. The summed E-state index contributed by atoms with van der Waals surface area (Å²) in [6.45, 7) is 3.14. The predicted molar refractivity (Wildman–Crippen MR) is 120 cm³/mol. The minimum atomic E-state index is 0.941. The summed E-state index contributed by atoms with van der Waals surface area (Å²) in [7, 11) is 2.07. The SMILES string of the molecule is CCn1c2ccccc2c2cc(-c3nc4cc(-n5ccnn5)ccc4n3C)ccc21. The highest BCUT2D eigenvalue weighted by atomic mass is 15.4. The Morgan fingerprint density at radius 1 is 0.867 bits per heavy atom. The number of rotatable bonds is 3. The van der Waals surface area contributed by atoms with Crippen LogP contribution < -0.4 is 0 Å². The van der Waals surface area contributed by atoms with Crippen molar-refractivity contribution in [3.63, 3.8) is 0 Å². The number of hydrogen-bond donors (Lipinski definition) is 0. The lowest BCUT2D eigenvalue weighted by atomic mass is 10.1. The molecule has 0 N–H and O–H groups in total. The summed E-state index contributed by atoms with van der Waals surface area (Å²) in [5.74, 6) is 0.955. The summed E-state index contributed by atoms with van der Waals surface area (Å²) in [6, 6.07) is 21.4. The maximum Gasteiger partial charge on any atom is 0.140 e. The fourth-order valence-corrected chi connectivity index (χ4v) is 4.47. The summed E-state index contributed by atoms with van der Waals surface area (Å²) in [6.07, 6.45) is 3.51. The van der Waals surface area contributed by atoms with Crippen molar-refractivity contribution < 1.29 is 0 Å². The third kappa shape index (κ3) is 2.33. The van der Waals surface area contributed by atoms with Crippen molar-refractivity contribution in [2.75, 3.05) is 0 Å².